The Morgan fingerprint density at radius 2 is 1.71 bits per heavy atom. The van der Waals surface area contributed by atoms with Gasteiger partial charge in [-0.2, -0.15) is 0 Å². The van der Waals surface area contributed by atoms with Gasteiger partial charge >= 0.3 is 0 Å². The van der Waals surface area contributed by atoms with Crippen LogP contribution >= 0.6 is 11.6 Å². The van der Waals surface area contributed by atoms with Crippen LogP contribution in [-0.4, -0.2) is 41.9 Å². The van der Waals surface area contributed by atoms with Crippen LogP contribution < -0.4 is 4.74 Å². The third-order valence-corrected chi connectivity index (χ3v) is 5.62. The fourth-order valence-electron chi connectivity index (χ4n) is 3.68. The molecule has 1 heterocycles. The van der Waals surface area contributed by atoms with E-state index in [-0.39, 0.29) is 11.7 Å². The van der Waals surface area contributed by atoms with Crippen LogP contribution in [0.15, 0.2) is 72.8 Å². The Kier molecular flexibility index (Phi) is 6.85. The van der Waals surface area contributed by atoms with Crippen molar-refractivity contribution in [1.29, 1.82) is 0 Å². The molecule has 0 atom stereocenters. The Balaban J connectivity index is 1.32. The van der Waals surface area contributed by atoms with Crippen molar-refractivity contribution in [2.45, 2.75) is 13.2 Å². The number of benzene rings is 3. The summed E-state index contributed by atoms with van der Waals surface area (Å²) >= 11 is 5.99. The van der Waals surface area contributed by atoms with E-state index >= 15 is 0 Å². The number of piperazine rings is 1. The molecule has 0 N–H and O–H groups in total. The van der Waals surface area contributed by atoms with E-state index in [4.69, 9.17) is 16.3 Å². The lowest BCUT2D eigenvalue weighted by Gasteiger charge is -2.35. The van der Waals surface area contributed by atoms with Crippen molar-refractivity contribution in [2.24, 2.45) is 0 Å². The van der Waals surface area contributed by atoms with Crippen LogP contribution in [0.1, 0.15) is 21.5 Å². The molecule has 160 valence electrons. The maximum absolute atomic E-state index is 13.9. The maximum atomic E-state index is 13.9. The minimum Gasteiger partial charge on any atom is -0.489 e. The maximum Gasteiger partial charge on any atom is 0.253 e. The number of hydrogen-bond acceptors (Lipinski definition) is 3. The monoisotopic (exact) mass is 438 g/mol. The number of nitrogens with zero attached hydrogens (tertiary/aromatic N) is 2. The van der Waals surface area contributed by atoms with Gasteiger partial charge in [-0.1, -0.05) is 48.0 Å². The van der Waals surface area contributed by atoms with E-state index in [1.807, 2.05) is 53.4 Å². The van der Waals surface area contributed by atoms with E-state index in [0.29, 0.717) is 48.1 Å². The Morgan fingerprint density at radius 3 is 2.48 bits per heavy atom. The first-order chi connectivity index (χ1) is 15.1. The van der Waals surface area contributed by atoms with Gasteiger partial charge in [-0.15, -0.1) is 0 Å². The highest BCUT2D eigenvalue weighted by molar-refractivity contribution is 6.30. The molecule has 0 radical (unpaired) electrons. The Morgan fingerprint density at radius 1 is 0.935 bits per heavy atom. The molecule has 0 bridgehead atoms. The van der Waals surface area contributed by atoms with E-state index in [1.54, 1.807) is 18.2 Å². The predicted molar refractivity (Wildman–Crippen MR) is 120 cm³/mol. The molecule has 6 heteroatoms. The van der Waals surface area contributed by atoms with Crippen LogP contribution in [0.25, 0.3) is 0 Å². The van der Waals surface area contributed by atoms with Gasteiger partial charge in [-0.05, 0) is 42.0 Å². The number of rotatable bonds is 6. The highest BCUT2D eigenvalue weighted by Gasteiger charge is 2.22. The fraction of sp³-hybridized carbons (Fsp3) is 0.240. The molecule has 1 aliphatic rings. The summed E-state index contributed by atoms with van der Waals surface area (Å²) in [5, 5.41) is 0.621. The zero-order valence-corrected chi connectivity index (χ0v) is 17.9. The molecule has 1 saturated heterocycles. The highest BCUT2D eigenvalue weighted by Crippen LogP contribution is 2.19. The number of carbonyl (C=O) groups is 1. The van der Waals surface area contributed by atoms with E-state index < -0.39 is 0 Å². The zero-order valence-electron chi connectivity index (χ0n) is 17.1. The van der Waals surface area contributed by atoms with Gasteiger partial charge in [0.2, 0.25) is 0 Å². The number of halogens is 2. The molecule has 0 aromatic heterocycles. The summed E-state index contributed by atoms with van der Waals surface area (Å²) in [5.41, 5.74) is 2.26. The summed E-state index contributed by atoms with van der Waals surface area (Å²) in [7, 11) is 0. The second-order valence-corrected chi connectivity index (χ2v) is 8.04. The van der Waals surface area contributed by atoms with E-state index in [1.165, 1.54) is 6.07 Å². The number of hydrogen-bond donors (Lipinski definition) is 0. The third kappa shape index (κ3) is 5.63. The summed E-state index contributed by atoms with van der Waals surface area (Å²) in [6.45, 7) is 3.60. The van der Waals surface area contributed by atoms with Crippen molar-refractivity contribution in [3.8, 4) is 5.75 Å². The molecule has 1 aliphatic heterocycles. The Bertz CT molecular complexity index is 1050. The van der Waals surface area contributed by atoms with Gasteiger partial charge in [0.15, 0.2) is 0 Å². The molecular formula is C25H24ClFN2O2. The smallest absolute Gasteiger partial charge is 0.253 e. The molecular weight excluding hydrogens is 415 g/mol. The fourth-order valence-corrected chi connectivity index (χ4v) is 3.86. The highest BCUT2D eigenvalue weighted by atomic mass is 35.5. The minimum absolute atomic E-state index is 0.00940. The third-order valence-electron chi connectivity index (χ3n) is 5.39. The van der Waals surface area contributed by atoms with Crippen molar-refractivity contribution in [1.82, 2.24) is 9.80 Å². The lowest BCUT2D eigenvalue weighted by molar-refractivity contribution is 0.0627. The van der Waals surface area contributed by atoms with Crippen LogP contribution in [0.2, 0.25) is 5.02 Å². The first-order valence-electron chi connectivity index (χ1n) is 10.3. The molecule has 3 aromatic rings. The molecule has 4 nitrogen and oxygen atoms in total. The summed E-state index contributed by atoms with van der Waals surface area (Å²) < 4.78 is 19.7. The first kappa shape index (κ1) is 21.3. The van der Waals surface area contributed by atoms with Crippen LogP contribution in [0.4, 0.5) is 4.39 Å². The molecule has 31 heavy (non-hydrogen) atoms. The minimum atomic E-state index is -0.183. The topological polar surface area (TPSA) is 32.8 Å². The lowest BCUT2D eigenvalue weighted by Crippen LogP contribution is -2.48. The van der Waals surface area contributed by atoms with E-state index in [2.05, 4.69) is 4.90 Å². The van der Waals surface area contributed by atoms with Crippen molar-refractivity contribution >= 4 is 17.5 Å². The van der Waals surface area contributed by atoms with Gasteiger partial charge in [0.05, 0.1) is 0 Å². The van der Waals surface area contributed by atoms with Gasteiger partial charge in [-0.25, -0.2) is 4.39 Å². The van der Waals surface area contributed by atoms with Crippen molar-refractivity contribution in [3.05, 3.63) is 100 Å². The normalized spacial score (nSPS) is 14.5. The molecule has 0 spiro atoms. The number of ether oxygens (including phenoxy) is 1. The Labute approximate surface area is 186 Å². The van der Waals surface area contributed by atoms with E-state index in [9.17, 15) is 9.18 Å². The second kappa shape index (κ2) is 9.94. The standard InChI is InChI=1S/C25H24ClFN2O2/c26-22-8-4-9-23(16-22)31-18-19-5-3-7-20(15-19)25(30)29-13-11-28(12-14-29)17-21-6-1-2-10-24(21)27/h1-10,15-16H,11-14,17-18H2. The van der Waals surface area contributed by atoms with Crippen LogP contribution in [-0.2, 0) is 13.2 Å². The van der Waals surface area contributed by atoms with Crippen molar-refractivity contribution in [2.75, 3.05) is 26.2 Å². The lowest BCUT2D eigenvalue weighted by atomic mass is 10.1. The first-order valence-corrected chi connectivity index (χ1v) is 10.7. The van der Waals surface area contributed by atoms with Crippen molar-refractivity contribution in [3.63, 3.8) is 0 Å². The molecule has 4 rings (SSSR count). The summed E-state index contributed by atoms with van der Waals surface area (Å²) in [6.07, 6.45) is 0. The molecule has 3 aromatic carbocycles. The summed E-state index contributed by atoms with van der Waals surface area (Å²) in [6, 6.07) is 21.6. The van der Waals surface area contributed by atoms with Crippen LogP contribution in [0, 0.1) is 5.82 Å². The zero-order chi connectivity index (χ0) is 21.6. The van der Waals surface area contributed by atoms with Gasteiger partial charge in [-0.3, -0.25) is 9.69 Å². The van der Waals surface area contributed by atoms with Gasteiger partial charge in [0, 0.05) is 48.9 Å². The molecule has 1 fully saturated rings. The van der Waals surface area contributed by atoms with Gasteiger partial charge in [0.1, 0.15) is 18.2 Å². The predicted octanol–water partition coefficient (Wildman–Crippen LogP) is 5.02. The molecule has 0 aliphatic carbocycles. The van der Waals surface area contributed by atoms with Crippen LogP contribution in [0.3, 0.4) is 0 Å². The number of carbonyl (C=O) groups excluding carboxylic acids is 1. The summed E-state index contributed by atoms with van der Waals surface area (Å²) in [4.78, 5) is 17.0. The largest absolute Gasteiger partial charge is 0.489 e. The number of amides is 1. The Hall–Kier alpha value is -2.89. The second-order valence-electron chi connectivity index (χ2n) is 7.61. The summed E-state index contributed by atoms with van der Waals surface area (Å²) in [5.74, 6) is 0.517. The van der Waals surface area contributed by atoms with Crippen LogP contribution in [0.5, 0.6) is 5.75 Å². The van der Waals surface area contributed by atoms with Gasteiger partial charge in [0.25, 0.3) is 5.91 Å². The van der Waals surface area contributed by atoms with Crippen molar-refractivity contribution < 1.29 is 13.9 Å². The van der Waals surface area contributed by atoms with Gasteiger partial charge < -0.3 is 9.64 Å². The average molecular weight is 439 g/mol. The SMILES string of the molecule is O=C(c1cccc(COc2cccc(Cl)c2)c1)N1CCN(Cc2ccccc2F)CC1. The molecule has 0 unspecified atom stereocenters. The average Bonchev–Trinajstić information content (AvgIpc) is 2.79. The van der Waals surface area contributed by atoms with E-state index in [0.717, 1.165) is 18.7 Å². The molecule has 1 amide bonds. The molecule has 0 saturated carbocycles. The quantitative estimate of drug-likeness (QED) is 0.542.